The number of aryl methyl sites for hydroxylation is 1. The van der Waals surface area contributed by atoms with Crippen molar-refractivity contribution in [2.75, 3.05) is 46.3 Å². The Hall–Kier alpha value is -1.15. The summed E-state index contributed by atoms with van der Waals surface area (Å²) in [6.07, 6.45) is 1.56. The number of methoxy groups -OCH3 is 2. The van der Waals surface area contributed by atoms with Crippen molar-refractivity contribution in [1.82, 2.24) is 4.72 Å². The zero-order chi connectivity index (χ0) is 16.3. The van der Waals surface area contributed by atoms with Gasteiger partial charge in [-0.2, -0.15) is 0 Å². The molecule has 0 radical (unpaired) electrons. The lowest BCUT2D eigenvalue weighted by Gasteiger charge is -2.08. The molecule has 0 aromatic heterocycles. The van der Waals surface area contributed by atoms with Crippen molar-refractivity contribution in [1.29, 1.82) is 0 Å². The molecule has 0 atom stereocenters. The molecule has 1 rings (SSSR count). The Kier molecular flexibility index (Phi) is 9.07. The highest BCUT2D eigenvalue weighted by molar-refractivity contribution is 7.89. The molecule has 0 aliphatic heterocycles. The Morgan fingerprint density at radius 1 is 1.05 bits per heavy atom. The molecule has 0 aliphatic carbocycles. The maximum Gasteiger partial charge on any atom is 0.213 e. The number of nitrogens with one attached hydrogen (secondary N) is 1. The number of benzene rings is 1. The quantitative estimate of drug-likeness (QED) is 0.583. The Bertz CT molecular complexity index is 501. The standard InChI is InChI=1S/C15H25NO5S/c1-19-10-11-21-12-13-22(17,18)16-9-3-4-14-5-7-15(20-2)8-6-14/h5-8,16H,3-4,9-13H2,1-2H3. The van der Waals surface area contributed by atoms with Crippen molar-refractivity contribution in [2.45, 2.75) is 12.8 Å². The van der Waals surface area contributed by atoms with Crippen LogP contribution < -0.4 is 9.46 Å². The zero-order valence-corrected chi connectivity index (χ0v) is 14.0. The molecule has 0 amide bonds. The first-order valence-corrected chi connectivity index (χ1v) is 8.89. The van der Waals surface area contributed by atoms with E-state index in [0.717, 1.165) is 24.2 Å². The third kappa shape index (κ3) is 8.33. The smallest absolute Gasteiger partial charge is 0.213 e. The van der Waals surface area contributed by atoms with Gasteiger partial charge in [0, 0.05) is 13.7 Å². The van der Waals surface area contributed by atoms with Crippen LogP contribution in [0.4, 0.5) is 0 Å². The van der Waals surface area contributed by atoms with E-state index in [0.29, 0.717) is 19.8 Å². The molecular formula is C15H25NO5S. The lowest BCUT2D eigenvalue weighted by atomic mass is 10.1. The first-order valence-electron chi connectivity index (χ1n) is 7.24. The van der Waals surface area contributed by atoms with Crippen LogP contribution in [0.1, 0.15) is 12.0 Å². The molecule has 0 heterocycles. The summed E-state index contributed by atoms with van der Waals surface area (Å²) in [6.45, 7) is 1.47. The van der Waals surface area contributed by atoms with Crippen LogP contribution in [0, 0.1) is 0 Å². The number of hydrogen-bond donors (Lipinski definition) is 1. The lowest BCUT2D eigenvalue weighted by Crippen LogP contribution is -2.29. The molecule has 22 heavy (non-hydrogen) atoms. The fourth-order valence-electron chi connectivity index (χ4n) is 1.80. The van der Waals surface area contributed by atoms with Gasteiger partial charge in [0.05, 0.1) is 32.7 Å². The van der Waals surface area contributed by atoms with Gasteiger partial charge in [-0.1, -0.05) is 12.1 Å². The molecule has 0 saturated carbocycles. The van der Waals surface area contributed by atoms with E-state index in [1.54, 1.807) is 14.2 Å². The number of ether oxygens (including phenoxy) is 3. The molecule has 1 aromatic rings. The molecular weight excluding hydrogens is 306 g/mol. The third-order valence-corrected chi connectivity index (χ3v) is 4.40. The largest absolute Gasteiger partial charge is 0.497 e. The summed E-state index contributed by atoms with van der Waals surface area (Å²) in [5.74, 6) is 0.789. The summed E-state index contributed by atoms with van der Waals surface area (Å²) < 4.78 is 41.1. The predicted molar refractivity (Wildman–Crippen MR) is 85.8 cm³/mol. The second-order valence-electron chi connectivity index (χ2n) is 4.77. The van der Waals surface area contributed by atoms with Crippen LogP contribution in [0.15, 0.2) is 24.3 Å². The van der Waals surface area contributed by atoms with Crippen molar-refractivity contribution in [2.24, 2.45) is 0 Å². The van der Waals surface area contributed by atoms with Crippen LogP contribution in [0.3, 0.4) is 0 Å². The van der Waals surface area contributed by atoms with Gasteiger partial charge in [-0.25, -0.2) is 13.1 Å². The van der Waals surface area contributed by atoms with Gasteiger partial charge in [0.15, 0.2) is 0 Å². The first-order chi connectivity index (χ1) is 10.6. The second kappa shape index (κ2) is 10.6. The normalized spacial score (nSPS) is 11.5. The minimum absolute atomic E-state index is 0.0285. The molecule has 0 unspecified atom stereocenters. The van der Waals surface area contributed by atoms with Crippen LogP contribution >= 0.6 is 0 Å². The van der Waals surface area contributed by atoms with Gasteiger partial charge in [0.2, 0.25) is 10.0 Å². The minimum Gasteiger partial charge on any atom is -0.497 e. The van der Waals surface area contributed by atoms with Crippen LogP contribution in [0.5, 0.6) is 5.75 Å². The Labute approximate surface area is 132 Å². The lowest BCUT2D eigenvalue weighted by molar-refractivity contribution is 0.0784. The van der Waals surface area contributed by atoms with Crippen LogP contribution in [0.2, 0.25) is 0 Å². The summed E-state index contributed by atoms with van der Waals surface area (Å²) in [5.41, 5.74) is 1.16. The molecule has 0 spiro atoms. The van der Waals surface area contributed by atoms with Gasteiger partial charge < -0.3 is 14.2 Å². The fourth-order valence-corrected chi connectivity index (χ4v) is 2.73. The summed E-state index contributed by atoms with van der Waals surface area (Å²) in [5, 5.41) is 0. The molecule has 0 fully saturated rings. The van der Waals surface area contributed by atoms with Gasteiger partial charge in [0.1, 0.15) is 5.75 Å². The van der Waals surface area contributed by atoms with E-state index in [-0.39, 0.29) is 12.4 Å². The van der Waals surface area contributed by atoms with Crippen molar-refractivity contribution in [3.63, 3.8) is 0 Å². The maximum atomic E-state index is 11.7. The van der Waals surface area contributed by atoms with E-state index in [9.17, 15) is 8.42 Å². The monoisotopic (exact) mass is 331 g/mol. The van der Waals surface area contributed by atoms with Crippen molar-refractivity contribution < 1.29 is 22.6 Å². The van der Waals surface area contributed by atoms with Gasteiger partial charge in [0.25, 0.3) is 0 Å². The highest BCUT2D eigenvalue weighted by Crippen LogP contribution is 2.12. The van der Waals surface area contributed by atoms with E-state index in [1.165, 1.54) is 0 Å². The topological polar surface area (TPSA) is 73.9 Å². The third-order valence-electron chi connectivity index (χ3n) is 3.05. The zero-order valence-electron chi connectivity index (χ0n) is 13.2. The Morgan fingerprint density at radius 3 is 2.41 bits per heavy atom. The number of hydrogen-bond acceptors (Lipinski definition) is 5. The summed E-state index contributed by atoms with van der Waals surface area (Å²) in [4.78, 5) is 0. The molecule has 1 aromatic carbocycles. The summed E-state index contributed by atoms with van der Waals surface area (Å²) in [6, 6.07) is 7.77. The molecule has 126 valence electrons. The summed E-state index contributed by atoms with van der Waals surface area (Å²) in [7, 11) is -0.0680. The van der Waals surface area contributed by atoms with Gasteiger partial charge in [-0.05, 0) is 30.5 Å². The average Bonchev–Trinajstić information content (AvgIpc) is 2.52. The first kappa shape index (κ1) is 18.9. The Balaban J connectivity index is 2.16. The molecule has 0 saturated heterocycles. The van der Waals surface area contributed by atoms with Crippen molar-refractivity contribution in [3.8, 4) is 5.75 Å². The highest BCUT2D eigenvalue weighted by Gasteiger charge is 2.09. The van der Waals surface area contributed by atoms with Crippen molar-refractivity contribution in [3.05, 3.63) is 29.8 Å². The molecule has 1 N–H and O–H groups in total. The summed E-state index contributed by atoms with van der Waals surface area (Å²) >= 11 is 0. The predicted octanol–water partition coefficient (Wildman–Crippen LogP) is 1.21. The second-order valence-corrected chi connectivity index (χ2v) is 6.70. The van der Waals surface area contributed by atoms with E-state index >= 15 is 0 Å². The number of rotatable bonds is 12. The fraction of sp³-hybridized carbons (Fsp3) is 0.600. The van der Waals surface area contributed by atoms with E-state index in [2.05, 4.69) is 4.72 Å². The maximum absolute atomic E-state index is 11.7. The van der Waals surface area contributed by atoms with E-state index in [4.69, 9.17) is 14.2 Å². The van der Waals surface area contributed by atoms with Gasteiger partial charge >= 0.3 is 0 Å². The van der Waals surface area contributed by atoms with Crippen LogP contribution in [-0.2, 0) is 25.9 Å². The minimum atomic E-state index is -3.27. The van der Waals surface area contributed by atoms with Gasteiger partial charge in [-0.3, -0.25) is 0 Å². The Morgan fingerprint density at radius 2 is 1.77 bits per heavy atom. The van der Waals surface area contributed by atoms with E-state index < -0.39 is 10.0 Å². The van der Waals surface area contributed by atoms with Crippen molar-refractivity contribution >= 4 is 10.0 Å². The van der Waals surface area contributed by atoms with Crippen LogP contribution in [0.25, 0.3) is 0 Å². The highest BCUT2D eigenvalue weighted by atomic mass is 32.2. The molecule has 7 heteroatoms. The average molecular weight is 331 g/mol. The number of sulfonamides is 1. The molecule has 0 bridgehead atoms. The van der Waals surface area contributed by atoms with Crippen LogP contribution in [-0.4, -0.2) is 54.8 Å². The molecule has 6 nitrogen and oxygen atoms in total. The molecule has 0 aliphatic rings. The van der Waals surface area contributed by atoms with Gasteiger partial charge in [-0.15, -0.1) is 0 Å². The SMILES string of the molecule is COCCOCCS(=O)(=O)NCCCc1ccc(OC)cc1. The van der Waals surface area contributed by atoms with E-state index in [1.807, 2.05) is 24.3 Å².